The van der Waals surface area contributed by atoms with E-state index in [1.165, 1.54) is 12.8 Å². The van der Waals surface area contributed by atoms with Crippen LogP contribution in [0.2, 0.25) is 0 Å². The van der Waals surface area contributed by atoms with Gasteiger partial charge in [-0.2, -0.15) is 0 Å². The summed E-state index contributed by atoms with van der Waals surface area (Å²) in [5.41, 5.74) is 5.74. The van der Waals surface area contributed by atoms with Gasteiger partial charge in [0.25, 0.3) is 0 Å². The highest BCUT2D eigenvalue weighted by Crippen LogP contribution is 2.19. The quantitative estimate of drug-likeness (QED) is 0.612. The van der Waals surface area contributed by atoms with Gasteiger partial charge in [0.05, 0.1) is 0 Å². The van der Waals surface area contributed by atoms with Gasteiger partial charge in [-0.25, -0.2) is 0 Å². The Bertz CT molecular complexity index is 394. The highest BCUT2D eigenvalue weighted by atomic mass is 32.1. The number of nitrogens with zero attached hydrogens (tertiary/aromatic N) is 3. The molecule has 1 heterocycles. The van der Waals surface area contributed by atoms with E-state index in [9.17, 15) is 0 Å². The van der Waals surface area contributed by atoms with Gasteiger partial charge >= 0.3 is 0 Å². The molecule has 1 aliphatic carbocycles. The Morgan fingerprint density at radius 3 is 2.88 bits per heavy atom. The van der Waals surface area contributed by atoms with Crippen LogP contribution in [-0.2, 0) is 6.42 Å². The monoisotopic (exact) mass is 253 g/mol. The highest BCUT2D eigenvalue weighted by Gasteiger charge is 2.21. The van der Waals surface area contributed by atoms with Crippen LogP contribution in [0.4, 0.5) is 0 Å². The predicted octanol–water partition coefficient (Wildman–Crippen LogP) is 1.27. The predicted molar refractivity (Wildman–Crippen MR) is 70.3 cm³/mol. The first-order valence-corrected chi connectivity index (χ1v) is 6.85. The molecule has 2 rings (SSSR count). The molecular formula is C11H19N5S. The molecule has 0 radical (unpaired) electrons. The number of nitrogens with two attached hydrogens (primary N) is 1. The van der Waals surface area contributed by atoms with Crippen LogP contribution in [0.1, 0.15) is 42.6 Å². The molecule has 3 N–H and O–H groups in total. The molecule has 0 bridgehead atoms. The number of rotatable bonds is 5. The van der Waals surface area contributed by atoms with E-state index in [1.54, 1.807) is 11.3 Å². The standard InChI is InChI=1S/C11H19N5S/c1-7(2)10-16-15-9(17-10)5-6-13-11(12)14-8-3-4-8/h7-8H,3-6H2,1-2H3,(H3,12,13,14). The second kappa shape index (κ2) is 5.44. The van der Waals surface area contributed by atoms with Gasteiger partial charge < -0.3 is 11.1 Å². The first-order valence-electron chi connectivity index (χ1n) is 6.04. The fourth-order valence-electron chi connectivity index (χ4n) is 1.36. The first-order chi connectivity index (χ1) is 8.15. The molecule has 1 aliphatic rings. The summed E-state index contributed by atoms with van der Waals surface area (Å²) < 4.78 is 0. The van der Waals surface area contributed by atoms with Crippen LogP contribution in [0.3, 0.4) is 0 Å². The highest BCUT2D eigenvalue weighted by molar-refractivity contribution is 7.11. The maximum Gasteiger partial charge on any atom is 0.188 e. The molecule has 1 fully saturated rings. The minimum atomic E-state index is 0.450. The van der Waals surface area contributed by atoms with E-state index in [4.69, 9.17) is 5.73 Å². The molecule has 94 valence electrons. The minimum absolute atomic E-state index is 0.450. The third-order valence-electron chi connectivity index (χ3n) is 2.51. The van der Waals surface area contributed by atoms with E-state index in [-0.39, 0.29) is 0 Å². The molecular weight excluding hydrogens is 234 g/mol. The van der Waals surface area contributed by atoms with Gasteiger partial charge in [0.15, 0.2) is 5.96 Å². The molecule has 0 atom stereocenters. The van der Waals surface area contributed by atoms with Crippen LogP contribution in [0.25, 0.3) is 0 Å². The SMILES string of the molecule is CC(C)c1nnc(CCN=C(N)NC2CC2)s1. The Morgan fingerprint density at radius 1 is 1.53 bits per heavy atom. The largest absolute Gasteiger partial charge is 0.370 e. The maximum atomic E-state index is 5.74. The van der Waals surface area contributed by atoms with Gasteiger partial charge in [-0.3, -0.25) is 4.99 Å². The van der Waals surface area contributed by atoms with E-state index in [1.807, 2.05) is 0 Å². The zero-order chi connectivity index (χ0) is 12.3. The molecule has 17 heavy (non-hydrogen) atoms. The number of aromatic nitrogens is 2. The molecule has 0 unspecified atom stereocenters. The molecule has 1 aromatic rings. The van der Waals surface area contributed by atoms with Crippen LogP contribution >= 0.6 is 11.3 Å². The van der Waals surface area contributed by atoms with Crippen molar-refractivity contribution in [3.8, 4) is 0 Å². The van der Waals surface area contributed by atoms with Crippen molar-refractivity contribution in [2.24, 2.45) is 10.7 Å². The Morgan fingerprint density at radius 2 is 2.29 bits per heavy atom. The molecule has 0 saturated heterocycles. The summed E-state index contributed by atoms with van der Waals surface area (Å²) in [4.78, 5) is 4.28. The number of hydrogen-bond donors (Lipinski definition) is 2. The summed E-state index contributed by atoms with van der Waals surface area (Å²) in [5.74, 6) is 1.01. The zero-order valence-corrected chi connectivity index (χ0v) is 11.1. The van der Waals surface area contributed by atoms with Crippen molar-refractivity contribution in [1.82, 2.24) is 15.5 Å². The third-order valence-corrected chi connectivity index (χ3v) is 3.80. The van der Waals surface area contributed by atoms with E-state index >= 15 is 0 Å². The molecule has 1 aromatic heterocycles. The van der Waals surface area contributed by atoms with Gasteiger partial charge in [0.1, 0.15) is 10.0 Å². The van der Waals surface area contributed by atoms with Crippen molar-refractivity contribution < 1.29 is 0 Å². The van der Waals surface area contributed by atoms with E-state index in [0.717, 1.165) is 16.4 Å². The lowest BCUT2D eigenvalue weighted by molar-refractivity contribution is 0.812. The smallest absolute Gasteiger partial charge is 0.188 e. The molecule has 0 aliphatic heterocycles. The van der Waals surface area contributed by atoms with Crippen molar-refractivity contribution in [2.45, 2.75) is 45.1 Å². The Kier molecular flexibility index (Phi) is 3.93. The molecule has 1 saturated carbocycles. The molecule has 0 amide bonds. The normalized spacial score (nSPS) is 16.5. The fraction of sp³-hybridized carbons (Fsp3) is 0.727. The van der Waals surface area contributed by atoms with Crippen molar-refractivity contribution in [1.29, 1.82) is 0 Å². The van der Waals surface area contributed by atoms with E-state index < -0.39 is 0 Å². The number of hydrogen-bond acceptors (Lipinski definition) is 4. The van der Waals surface area contributed by atoms with Crippen LogP contribution in [-0.4, -0.2) is 28.7 Å². The fourth-order valence-corrected chi connectivity index (χ4v) is 2.19. The maximum absolute atomic E-state index is 5.74. The van der Waals surface area contributed by atoms with Crippen molar-refractivity contribution in [3.63, 3.8) is 0 Å². The Labute approximate surface area is 106 Å². The second-order valence-corrected chi connectivity index (χ2v) is 5.72. The van der Waals surface area contributed by atoms with E-state index in [2.05, 4.69) is 34.4 Å². The zero-order valence-electron chi connectivity index (χ0n) is 10.3. The van der Waals surface area contributed by atoms with Crippen molar-refractivity contribution in [3.05, 3.63) is 10.0 Å². The lowest BCUT2D eigenvalue weighted by atomic mass is 10.2. The average Bonchev–Trinajstić information content (AvgIpc) is 2.94. The van der Waals surface area contributed by atoms with Crippen molar-refractivity contribution in [2.75, 3.05) is 6.54 Å². The molecule has 5 nitrogen and oxygen atoms in total. The lowest BCUT2D eigenvalue weighted by Gasteiger charge is -2.01. The third kappa shape index (κ3) is 3.96. The van der Waals surface area contributed by atoms with Crippen LogP contribution in [0, 0.1) is 0 Å². The van der Waals surface area contributed by atoms with Crippen LogP contribution in [0.5, 0.6) is 0 Å². The summed E-state index contributed by atoms with van der Waals surface area (Å²) in [6.45, 7) is 4.93. The molecule has 0 spiro atoms. The number of aliphatic imine (C=N–C) groups is 1. The Hall–Kier alpha value is -1.17. The van der Waals surface area contributed by atoms with Gasteiger partial charge in [-0.15, -0.1) is 21.5 Å². The summed E-state index contributed by atoms with van der Waals surface area (Å²) >= 11 is 1.67. The van der Waals surface area contributed by atoms with Crippen LogP contribution < -0.4 is 11.1 Å². The topological polar surface area (TPSA) is 76.2 Å². The summed E-state index contributed by atoms with van der Waals surface area (Å²) in [6.07, 6.45) is 3.24. The minimum Gasteiger partial charge on any atom is -0.370 e. The average molecular weight is 253 g/mol. The van der Waals surface area contributed by atoms with Gasteiger partial charge in [-0.1, -0.05) is 13.8 Å². The lowest BCUT2D eigenvalue weighted by Crippen LogP contribution is -2.33. The Balaban J connectivity index is 1.76. The van der Waals surface area contributed by atoms with Gasteiger partial charge in [0, 0.05) is 24.9 Å². The number of nitrogens with one attached hydrogen (secondary N) is 1. The number of guanidine groups is 1. The van der Waals surface area contributed by atoms with Gasteiger partial charge in [0.2, 0.25) is 0 Å². The summed E-state index contributed by atoms with van der Waals surface area (Å²) in [7, 11) is 0. The van der Waals surface area contributed by atoms with Crippen LogP contribution in [0.15, 0.2) is 4.99 Å². The summed E-state index contributed by atoms with van der Waals surface area (Å²) in [6, 6.07) is 0.563. The van der Waals surface area contributed by atoms with E-state index in [0.29, 0.717) is 24.5 Å². The first kappa shape index (κ1) is 12.3. The summed E-state index contributed by atoms with van der Waals surface area (Å²) in [5, 5.41) is 13.6. The molecule has 6 heteroatoms. The van der Waals surface area contributed by atoms with Crippen molar-refractivity contribution >= 4 is 17.3 Å². The van der Waals surface area contributed by atoms with Gasteiger partial charge in [-0.05, 0) is 12.8 Å². The molecule has 0 aromatic carbocycles. The second-order valence-electron chi connectivity index (χ2n) is 4.62.